The Kier molecular flexibility index (Phi) is 5.36. The Balaban J connectivity index is 2.35. The molecule has 0 aliphatic heterocycles. The molecule has 0 saturated carbocycles. The number of allylic oxidation sites excluding steroid dienone is 6. The highest BCUT2D eigenvalue weighted by Gasteiger charge is 2.02. The van der Waals surface area contributed by atoms with Crippen molar-refractivity contribution < 1.29 is 0 Å². The van der Waals surface area contributed by atoms with Crippen molar-refractivity contribution in [2.24, 2.45) is 0 Å². The van der Waals surface area contributed by atoms with Gasteiger partial charge in [-0.15, -0.1) is 0 Å². The monoisotopic (exact) mass is 258 g/mol. The van der Waals surface area contributed by atoms with E-state index in [9.17, 15) is 0 Å². The minimum atomic E-state index is 1.22. The molecule has 0 unspecified atom stereocenters. The molecule has 2 rings (SSSR count). The third-order valence-electron chi connectivity index (χ3n) is 2.90. The van der Waals surface area contributed by atoms with Gasteiger partial charge in [-0.3, -0.25) is 0 Å². The first-order valence-corrected chi connectivity index (χ1v) is 6.68. The van der Waals surface area contributed by atoms with Crippen LogP contribution in [0.15, 0.2) is 104 Å². The summed E-state index contributed by atoms with van der Waals surface area (Å²) >= 11 is 0. The van der Waals surface area contributed by atoms with Crippen LogP contribution in [-0.2, 0) is 0 Å². The van der Waals surface area contributed by atoms with Gasteiger partial charge in [0.25, 0.3) is 0 Å². The highest BCUT2D eigenvalue weighted by molar-refractivity contribution is 5.80. The average molecular weight is 258 g/mol. The second-order valence-corrected chi connectivity index (χ2v) is 4.32. The predicted octanol–water partition coefficient (Wildman–Crippen LogP) is 5.42. The molecule has 0 nitrogen and oxygen atoms in total. The van der Waals surface area contributed by atoms with E-state index in [1.807, 2.05) is 30.4 Å². The van der Waals surface area contributed by atoms with Crippen molar-refractivity contribution in [3.8, 4) is 0 Å². The maximum Gasteiger partial charge on any atom is -0.0111 e. The smallest absolute Gasteiger partial charge is 0.0111 e. The second kappa shape index (κ2) is 7.75. The first kappa shape index (κ1) is 13.8. The molecule has 0 atom stereocenters. The first-order valence-electron chi connectivity index (χ1n) is 6.68. The molecular formula is C20H18. The van der Waals surface area contributed by atoms with Crippen LogP contribution in [0.3, 0.4) is 0 Å². The maximum absolute atomic E-state index is 3.65. The second-order valence-electron chi connectivity index (χ2n) is 4.32. The van der Waals surface area contributed by atoms with Crippen LogP contribution in [-0.4, -0.2) is 0 Å². The summed E-state index contributed by atoms with van der Waals surface area (Å²) in [5, 5.41) is 0. The van der Waals surface area contributed by atoms with Gasteiger partial charge in [0.05, 0.1) is 0 Å². The third-order valence-corrected chi connectivity index (χ3v) is 2.90. The highest BCUT2D eigenvalue weighted by Crippen LogP contribution is 2.23. The van der Waals surface area contributed by atoms with Gasteiger partial charge in [-0.1, -0.05) is 104 Å². The quantitative estimate of drug-likeness (QED) is 0.628. The van der Waals surface area contributed by atoms with Crippen molar-refractivity contribution in [3.05, 3.63) is 115 Å². The number of hydrogen-bond donors (Lipinski definition) is 0. The van der Waals surface area contributed by atoms with Gasteiger partial charge in [0.2, 0.25) is 0 Å². The molecule has 0 heterocycles. The van der Waals surface area contributed by atoms with Crippen molar-refractivity contribution in [2.45, 2.75) is 0 Å². The zero-order valence-corrected chi connectivity index (χ0v) is 11.4. The summed E-state index contributed by atoms with van der Waals surface area (Å²) in [5.74, 6) is 0. The van der Waals surface area contributed by atoms with Crippen LogP contribution in [0.1, 0.15) is 11.1 Å². The Morgan fingerprint density at radius 1 is 0.650 bits per heavy atom. The molecule has 0 N–H and O–H groups in total. The fourth-order valence-corrected chi connectivity index (χ4v) is 1.95. The zero-order valence-electron chi connectivity index (χ0n) is 11.4. The van der Waals surface area contributed by atoms with Gasteiger partial charge in [0, 0.05) is 0 Å². The fourth-order valence-electron chi connectivity index (χ4n) is 1.95. The topological polar surface area (TPSA) is 0 Å². The summed E-state index contributed by atoms with van der Waals surface area (Å²) in [5.41, 5.74) is 3.65. The van der Waals surface area contributed by atoms with E-state index in [-0.39, 0.29) is 0 Å². The standard InChI is InChI=1S/C20H18/c1-2-3-4-5-12-17-20(18-13-8-6-9-14-18)19-15-10-7-11-16-19/h2-17H,1H2/b4-3+,12-5+. The van der Waals surface area contributed by atoms with Gasteiger partial charge >= 0.3 is 0 Å². The van der Waals surface area contributed by atoms with E-state index in [0.29, 0.717) is 0 Å². The Morgan fingerprint density at radius 3 is 1.65 bits per heavy atom. The zero-order chi connectivity index (χ0) is 14.0. The van der Waals surface area contributed by atoms with Crippen LogP contribution in [0.2, 0.25) is 0 Å². The number of rotatable bonds is 5. The number of hydrogen-bond acceptors (Lipinski definition) is 0. The molecule has 0 bridgehead atoms. The van der Waals surface area contributed by atoms with Crippen molar-refractivity contribution >= 4 is 5.57 Å². The van der Waals surface area contributed by atoms with Gasteiger partial charge in [-0.05, 0) is 16.7 Å². The molecule has 0 heteroatoms. The van der Waals surface area contributed by atoms with Crippen LogP contribution in [0.5, 0.6) is 0 Å². The van der Waals surface area contributed by atoms with E-state index in [0.717, 1.165) is 0 Å². The van der Waals surface area contributed by atoms with Crippen LogP contribution < -0.4 is 0 Å². The van der Waals surface area contributed by atoms with E-state index in [2.05, 4.69) is 67.3 Å². The molecule has 0 aliphatic rings. The summed E-state index contributed by atoms with van der Waals surface area (Å²) in [7, 11) is 0. The molecule has 0 amide bonds. The average Bonchev–Trinajstić information content (AvgIpc) is 2.53. The minimum absolute atomic E-state index is 1.22. The van der Waals surface area contributed by atoms with E-state index in [1.54, 1.807) is 6.08 Å². The summed E-state index contributed by atoms with van der Waals surface area (Å²) in [6, 6.07) is 20.8. The van der Waals surface area contributed by atoms with Crippen LogP contribution in [0, 0.1) is 0 Å². The lowest BCUT2D eigenvalue weighted by Crippen LogP contribution is -1.86. The normalized spacial score (nSPS) is 10.8. The molecular weight excluding hydrogens is 240 g/mol. The molecule has 98 valence electrons. The molecule has 20 heavy (non-hydrogen) atoms. The summed E-state index contributed by atoms with van der Waals surface area (Å²) in [6.07, 6.45) is 11.8. The maximum atomic E-state index is 3.65. The Labute approximate surface area is 121 Å². The van der Waals surface area contributed by atoms with Crippen LogP contribution in [0.25, 0.3) is 5.57 Å². The van der Waals surface area contributed by atoms with Gasteiger partial charge < -0.3 is 0 Å². The Bertz CT molecular complexity index is 572. The van der Waals surface area contributed by atoms with Gasteiger partial charge in [0.15, 0.2) is 0 Å². The lowest BCUT2D eigenvalue weighted by Gasteiger charge is -2.07. The van der Waals surface area contributed by atoms with Gasteiger partial charge in [-0.2, -0.15) is 0 Å². The van der Waals surface area contributed by atoms with Gasteiger partial charge in [0.1, 0.15) is 0 Å². The van der Waals surface area contributed by atoms with E-state index in [1.165, 1.54) is 16.7 Å². The third kappa shape index (κ3) is 3.96. The Morgan fingerprint density at radius 2 is 1.15 bits per heavy atom. The lowest BCUT2D eigenvalue weighted by atomic mass is 9.97. The van der Waals surface area contributed by atoms with Crippen LogP contribution in [0.4, 0.5) is 0 Å². The predicted molar refractivity (Wildman–Crippen MR) is 88.4 cm³/mol. The van der Waals surface area contributed by atoms with Crippen molar-refractivity contribution in [3.63, 3.8) is 0 Å². The minimum Gasteiger partial charge on any atom is -0.0991 e. The SMILES string of the molecule is C=C/C=C/C=C/C=C(c1ccccc1)c1ccccc1. The fraction of sp³-hybridized carbons (Fsp3) is 0. The van der Waals surface area contributed by atoms with Crippen molar-refractivity contribution in [2.75, 3.05) is 0 Å². The lowest BCUT2D eigenvalue weighted by molar-refractivity contribution is 1.55. The molecule has 0 radical (unpaired) electrons. The number of benzene rings is 2. The van der Waals surface area contributed by atoms with Crippen molar-refractivity contribution in [1.82, 2.24) is 0 Å². The molecule has 0 aromatic heterocycles. The molecule has 0 aliphatic carbocycles. The van der Waals surface area contributed by atoms with Crippen molar-refractivity contribution in [1.29, 1.82) is 0 Å². The molecule has 0 fully saturated rings. The molecule has 2 aromatic carbocycles. The summed E-state index contributed by atoms with van der Waals surface area (Å²) in [4.78, 5) is 0. The van der Waals surface area contributed by atoms with E-state index < -0.39 is 0 Å². The summed E-state index contributed by atoms with van der Waals surface area (Å²) in [6.45, 7) is 3.65. The van der Waals surface area contributed by atoms with Gasteiger partial charge in [-0.25, -0.2) is 0 Å². The molecule has 2 aromatic rings. The molecule has 0 saturated heterocycles. The highest BCUT2D eigenvalue weighted by atomic mass is 14.1. The van der Waals surface area contributed by atoms with Crippen LogP contribution >= 0.6 is 0 Å². The molecule has 0 spiro atoms. The largest absolute Gasteiger partial charge is 0.0991 e. The van der Waals surface area contributed by atoms with E-state index in [4.69, 9.17) is 0 Å². The Hall–Kier alpha value is -2.60. The van der Waals surface area contributed by atoms with E-state index >= 15 is 0 Å². The first-order chi connectivity index (χ1) is 9.92. The summed E-state index contributed by atoms with van der Waals surface area (Å²) < 4.78 is 0.